The van der Waals surface area contributed by atoms with E-state index >= 15 is 0 Å². The average molecular weight is 249 g/mol. The molecule has 0 spiro atoms. The first-order chi connectivity index (χ1) is 9.33. The van der Waals surface area contributed by atoms with Crippen LogP contribution in [-0.2, 0) is 0 Å². The SMILES string of the molecule is CN1CC2=C(C1)c1ccccc1Oc1ccccc12. The van der Waals surface area contributed by atoms with Crippen molar-refractivity contribution in [1.82, 2.24) is 4.90 Å². The number of nitrogens with zero attached hydrogens (tertiary/aromatic N) is 1. The summed E-state index contributed by atoms with van der Waals surface area (Å²) in [7, 11) is 2.17. The van der Waals surface area contributed by atoms with Gasteiger partial charge in [0.25, 0.3) is 0 Å². The Bertz CT molecular complexity index is 630. The highest BCUT2D eigenvalue weighted by molar-refractivity contribution is 5.98. The van der Waals surface area contributed by atoms with E-state index < -0.39 is 0 Å². The summed E-state index contributed by atoms with van der Waals surface area (Å²) < 4.78 is 6.11. The average Bonchev–Trinajstić information content (AvgIpc) is 2.76. The topological polar surface area (TPSA) is 12.5 Å². The summed E-state index contributed by atoms with van der Waals surface area (Å²) >= 11 is 0. The third-order valence-corrected chi connectivity index (χ3v) is 3.86. The van der Waals surface area contributed by atoms with Gasteiger partial charge in [-0.25, -0.2) is 0 Å². The van der Waals surface area contributed by atoms with Gasteiger partial charge in [-0.15, -0.1) is 0 Å². The highest BCUT2D eigenvalue weighted by atomic mass is 16.5. The lowest BCUT2D eigenvalue weighted by Crippen LogP contribution is -2.15. The van der Waals surface area contributed by atoms with E-state index in [0.29, 0.717) is 0 Å². The highest BCUT2D eigenvalue weighted by Crippen LogP contribution is 2.44. The minimum absolute atomic E-state index is 0.968. The Morgan fingerprint density at radius 3 is 1.79 bits per heavy atom. The molecule has 0 unspecified atom stereocenters. The lowest BCUT2D eigenvalue weighted by Gasteiger charge is -2.13. The first-order valence-corrected chi connectivity index (χ1v) is 6.60. The number of benzene rings is 2. The number of ether oxygens (including phenoxy) is 1. The summed E-state index contributed by atoms with van der Waals surface area (Å²) in [5.41, 5.74) is 5.28. The smallest absolute Gasteiger partial charge is 0.135 e. The van der Waals surface area contributed by atoms with Crippen LogP contribution in [0.2, 0.25) is 0 Å². The lowest BCUT2D eigenvalue weighted by molar-refractivity contribution is 0.437. The van der Waals surface area contributed by atoms with Crippen molar-refractivity contribution in [3.05, 3.63) is 59.7 Å². The maximum absolute atomic E-state index is 6.11. The molecule has 2 aromatic carbocycles. The standard InChI is InChI=1S/C17H15NO/c1-18-10-14-12-6-2-4-8-16(12)19-17-9-5-3-7-13(17)15(14)11-18/h2-9H,10-11H2,1H3. The molecule has 19 heavy (non-hydrogen) atoms. The molecule has 2 aliphatic rings. The molecule has 94 valence electrons. The molecule has 2 heterocycles. The molecule has 0 bridgehead atoms. The maximum Gasteiger partial charge on any atom is 0.135 e. The van der Waals surface area contributed by atoms with Crippen molar-refractivity contribution in [2.75, 3.05) is 20.1 Å². The Kier molecular flexibility index (Phi) is 2.26. The quantitative estimate of drug-likeness (QED) is 0.706. The van der Waals surface area contributed by atoms with E-state index in [1.807, 2.05) is 12.1 Å². The molecule has 0 atom stereocenters. The van der Waals surface area contributed by atoms with Gasteiger partial charge < -0.3 is 4.74 Å². The van der Waals surface area contributed by atoms with Crippen LogP contribution in [0.1, 0.15) is 11.1 Å². The van der Waals surface area contributed by atoms with Crippen LogP contribution in [0.4, 0.5) is 0 Å². The van der Waals surface area contributed by atoms with Crippen LogP contribution in [0.5, 0.6) is 11.5 Å². The fourth-order valence-electron chi connectivity index (χ4n) is 3.01. The number of hydrogen-bond donors (Lipinski definition) is 0. The van der Waals surface area contributed by atoms with Gasteiger partial charge in [0.2, 0.25) is 0 Å². The van der Waals surface area contributed by atoms with E-state index in [4.69, 9.17) is 4.74 Å². The summed E-state index contributed by atoms with van der Waals surface area (Å²) in [6, 6.07) is 16.7. The molecule has 2 aliphatic heterocycles. The van der Waals surface area contributed by atoms with Gasteiger partial charge in [-0.1, -0.05) is 36.4 Å². The molecule has 0 amide bonds. The highest BCUT2D eigenvalue weighted by Gasteiger charge is 2.28. The van der Waals surface area contributed by atoms with Crippen LogP contribution in [0.15, 0.2) is 48.5 Å². The van der Waals surface area contributed by atoms with Crippen molar-refractivity contribution in [3.63, 3.8) is 0 Å². The zero-order chi connectivity index (χ0) is 12.8. The van der Waals surface area contributed by atoms with Crippen molar-refractivity contribution < 1.29 is 4.74 Å². The fourth-order valence-corrected chi connectivity index (χ4v) is 3.01. The van der Waals surface area contributed by atoms with Crippen LogP contribution in [0, 0.1) is 0 Å². The predicted octanol–water partition coefficient (Wildman–Crippen LogP) is 3.65. The molecular formula is C17H15NO. The minimum atomic E-state index is 0.968. The fraction of sp³-hybridized carbons (Fsp3) is 0.176. The second-order valence-corrected chi connectivity index (χ2v) is 5.22. The van der Waals surface area contributed by atoms with Crippen molar-refractivity contribution in [2.45, 2.75) is 0 Å². The molecule has 0 N–H and O–H groups in total. The van der Waals surface area contributed by atoms with Gasteiger partial charge in [0.1, 0.15) is 11.5 Å². The third kappa shape index (κ3) is 1.60. The van der Waals surface area contributed by atoms with E-state index in [-0.39, 0.29) is 0 Å². The summed E-state index contributed by atoms with van der Waals surface area (Å²) in [4.78, 5) is 2.35. The lowest BCUT2D eigenvalue weighted by atomic mass is 9.97. The van der Waals surface area contributed by atoms with Crippen molar-refractivity contribution >= 4 is 11.1 Å². The summed E-state index contributed by atoms with van der Waals surface area (Å²) in [6.45, 7) is 1.98. The van der Waals surface area contributed by atoms with Gasteiger partial charge in [0.15, 0.2) is 0 Å². The van der Waals surface area contributed by atoms with Crippen LogP contribution in [0.25, 0.3) is 11.1 Å². The van der Waals surface area contributed by atoms with E-state index in [9.17, 15) is 0 Å². The first-order valence-electron chi connectivity index (χ1n) is 6.60. The van der Waals surface area contributed by atoms with Crippen LogP contribution < -0.4 is 4.74 Å². The van der Waals surface area contributed by atoms with Gasteiger partial charge >= 0.3 is 0 Å². The molecule has 0 fully saturated rings. The van der Waals surface area contributed by atoms with Crippen LogP contribution in [-0.4, -0.2) is 25.0 Å². The number of para-hydroxylation sites is 2. The summed E-state index contributed by atoms with van der Waals surface area (Å²) in [5.74, 6) is 1.94. The van der Waals surface area contributed by atoms with Gasteiger partial charge in [-0.3, -0.25) is 4.90 Å². The van der Waals surface area contributed by atoms with E-state index in [1.165, 1.54) is 22.3 Å². The van der Waals surface area contributed by atoms with Gasteiger partial charge in [0, 0.05) is 24.2 Å². The van der Waals surface area contributed by atoms with Crippen molar-refractivity contribution in [3.8, 4) is 11.5 Å². The number of rotatable bonds is 0. The molecule has 0 saturated carbocycles. The number of likely N-dealkylation sites (N-methyl/N-ethyl adjacent to an activating group) is 1. The Morgan fingerprint density at radius 1 is 0.789 bits per heavy atom. The molecule has 0 aromatic heterocycles. The number of fused-ring (bicyclic) bond motifs is 4. The number of hydrogen-bond acceptors (Lipinski definition) is 2. The monoisotopic (exact) mass is 249 g/mol. The van der Waals surface area contributed by atoms with Gasteiger partial charge in [-0.2, -0.15) is 0 Å². The molecule has 2 heteroatoms. The van der Waals surface area contributed by atoms with Gasteiger partial charge in [-0.05, 0) is 30.3 Å². The first kappa shape index (κ1) is 10.8. The Labute approximate surface area is 112 Å². The van der Waals surface area contributed by atoms with E-state index in [0.717, 1.165) is 24.6 Å². The second-order valence-electron chi connectivity index (χ2n) is 5.22. The van der Waals surface area contributed by atoms with Crippen LogP contribution >= 0.6 is 0 Å². The maximum atomic E-state index is 6.11. The zero-order valence-corrected chi connectivity index (χ0v) is 10.9. The Hall–Kier alpha value is -2.06. The molecule has 2 nitrogen and oxygen atoms in total. The molecular weight excluding hydrogens is 234 g/mol. The molecule has 0 saturated heterocycles. The third-order valence-electron chi connectivity index (χ3n) is 3.86. The molecule has 2 aromatic rings. The van der Waals surface area contributed by atoms with Gasteiger partial charge in [0.05, 0.1) is 0 Å². The summed E-state index contributed by atoms with van der Waals surface area (Å²) in [5, 5.41) is 0. The Balaban J connectivity index is 2.02. The normalized spacial score (nSPS) is 17.3. The largest absolute Gasteiger partial charge is 0.456 e. The predicted molar refractivity (Wildman–Crippen MR) is 77.3 cm³/mol. The van der Waals surface area contributed by atoms with Crippen molar-refractivity contribution in [1.29, 1.82) is 0 Å². The summed E-state index contributed by atoms with van der Waals surface area (Å²) in [6.07, 6.45) is 0. The molecule has 0 radical (unpaired) electrons. The molecule has 0 aliphatic carbocycles. The van der Waals surface area contributed by atoms with Crippen molar-refractivity contribution in [2.24, 2.45) is 0 Å². The second kappa shape index (κ2) is 3.97. The van der Waals surface area contributed by atoms with E-state index in [1.54, 1.807) is 0 Å². The Morgan fingerprint density at radius 2 is 1.26 bits per heavy atom. The minimum Gasteiger partial charge on any atom is -0.456 e. The molecule has 4 rings (SSSR count). The van der Waals surface area contributed by atoms with Crippen LogP contribution in [0.3, 0.4) is 0 Å². The zero-order valence-electron chi connectivity index (χ0n) is 10.9. The van der Waals surface area contributed by atoms with E-state index in [2.05, 4.69) is 48.3 Å².